The third kappa shape index (κ3) is 4.72. The number of alkyl halides is 6. The van der Waals surface area contributed by atoms with Gasteiger partial charge < -0.3 is 10.2 Å². The van der Waals surface area contributed by atoms with Crippen LogP contribution in [0.25, 0.3) is 0 Å². The van der Waals surface area contributed by atoms with Crippen molar-refractivity contribution in [2.45, 2.75) is 45.3 Å². The molecule has 0 aliphatic heterocycles. The Morgan fingerprint density at radius 1 is 1.12 bits per heavy atom. The van der Waals surface area contributed by atoms with E-state index in [0.29, 0.717) is 11.1 Å². The van der Waals surface area contributed by atoms with Crippen LogP contribution in [0.5, 0.6) is 0 Å². The maximum absolute atomic E-state index is 13.2. The highest BCUT2D eigenvalue weighted by Crippen LogP contribution is 2.52. The van der Waals surface area contributed by atoms with Crippen molar-refractivity contribution >= 4 is 28.3 Å². The molecule has 0 aliphatic rings. The van der Waals surface area contributed by atoms with E-state index in [2.05, 4.69) is 4.98 Å². The van der Waals surface area contributed by atoms with Gasteiger partial charge >= 0.3 is 18.3 Å². The third-order valence-electron chi connectivity index (χ3n) is 4.52. The molecule has 0 spiro atoms. The predicted octanol–water partition coefficient (Wildman–Crippen LogP) is 4.65. The normalized spacial score (nSPS) is 12.8. The highest BCUT2D eigenvalue weighted by atomic mass is 32.1. The average Bonchev–Trinajstić information content (AvgIpc) is 3.12. The fraction of sp³-hybridized carbons (Fsp3) is 0.421. The summed E-state index contributed by atoms with van der Waals surface area (Å²) in [5, 5.41) is 18.2. The highest BCUT2D eigenvalue weighted by molar-refractivity contribution is 7.15. The number of halogens is 6. The van der Waals surface area contributed by atoms with Crippen molar-refractivity contribution in [3.05, 3.63) is 46.0 Å². The molecule has 1 aromatic heterocycles. The van der Waals surface area contributed by atoms with Gasteiger partial charge in [0.15, 0.2) is 5.13 Å². The smallest absolute Gasteiger partial charge is 0.431 e. The van der Waals surface area contributed by atoms with Gasteiger partial charge in [-0.25, -0.2) is 9.78 Å². The zero-order chi connectivity index (χ0) is 24.6. The minimum absolute atomic E-state index is 0.00700. The number of carboxylic acid groups (broad SMARTS) is 1. The van der Waals surface area contributed by atoms with Crippen molar-refractivity contribution in [3.8, 4) is 0 Å². The molecule has 13 heteroatoms. The number of carboxylic acids is 1. The van der Waals surface area contributed by atoms with Gasteiger partial charge in [-0.1, -0.05) is 37.3 Å². The number of carbonyl (C=O) groups is 2. The molecule has 0 saturated heterocycles. The van der Waals surface area contributed by atoms with Gasteiger partial charge in [0, 0.05) is 12.1 Å². The SMILES string of the molecule is Cc1cc(CN(C(=O)C(C)C)c2ncc(C(O)(C(F)(F)F)C(F)(F)F)s2)ccc1C(=O)O. The Morgan fingerprint density at radius 3 is 2.12 bits per heavy atom. The van der Waals surface area contributed by atoms with Crippen LogP contribution in [0, 0.1) is 12.8 Å². The zero-order valence-corrected chi connectivity index (χ0v) is 17.7. The number of hydrogen-bond acceptors (Lipinski definition) is 5. The molecule has 32 heavy (non-hydrogen) atoms. The summed E-state index contributed by atoms with van der Waals surface area (Å²) in [5.41, 5.74) is -4.44. The molecule has 0 saturated carbocycles. The maximum atomic E-state index is 13.2. The monoisotopic (exact) mass is 484 g/mol. The van der Waals surface area contributed by atoms with Crippen LogP contribution < -0.4 is 4.90 Å². The van der Waals surface area contributed by atoms with E-state index in [-0.39, 0.29) is 29.6 Å². The number of carbonyl (C=O) groups excluding carboxylic acids is 1. The molecular formula is C19H18F6N2O4S. The number of hydrogen-bond donors (Lipinski definition) is 2. The van der Waals surface area contributed by atoms with E-state index in [9.17, 15) is 41.0 Å². The molecule has 0 fully saturated rings. The molecule has 6 nitrogen and oxygen atoms in total. The van der Waals surface area contributed by atoms with Gasteiger partial charge in [0.05, 0.1) is 17.0 Å². The Labute approximate surface area is 182 Å². The molecule has 2 aromatic rings. The first kappa shape index (κ1) is 25.6. The minimum atomic E-state index is -6.08. The Balaban J connectivity index is 2.53. The Bertz CT molecular complexity index is 1000. The van der Waals surface area contributed by atoms with E-state index in [0.717, 1.165) is 4.90 Å². The van der Waals surface area contributed by atoms with Crippen LogP contribution in [0.2, 0.25) is 0 Å². The topological polar surface area (TPSA) is 90.7 Å². The number of benzene rings is 1. The fourth-order valence-electron chi connectivity index (χ4n) is 2.80. The van der Waals surface area contributed by atoms with Gasteiger partial charge in [0.1, 0.15) is 0 Å². The molecule has 0 bridgehead atoms. The number of aliphatic hydroxyl groups is 1. The Hall–Kier alpha value is -2.67. The molecule has 2 rings (SSSR count). The highest BCUT2D eigenvalue weighted by Gasteiger charge is 2.72. The van der Waals surface area contributed by atoms with E-state index in [1.165, 1.54) is 39.0 Å². The predicted molar refractivity (Wildman–Crippen MR) is 102 cm³/mol. The summed E-state index contributed by atoms with van der Waals surface area (Å²) in [6.45, 7) is 4.16. The van der Waals surface area contributed by atoms with Crippen molar-refractivity contribution in [3.63, 3.8) is 0 Å². The summed E-state index contributed by atoms with van der Waals surface area (Å²) in [4.78, 5) is 26.7. The summed E-state index contributed by atoms with van der Waals surface area (Å²) in [6.07, 6.45) is -11.9. The number of aromatic nitrogens is 1. The molecule has 0 atom stereocenters. The largest absolute Gasteiger partial charge is 0.478 e. The molecule has 1 aromatic carbocycles. The zero-order valence-electron chi connectivity index (χ0n) is 16.9. The van der Waals surface area contributed by atoms with Gasteiger partial charge in [-0.3, -0.25) is 9.69 Å². The second-order valence-corrected chi connectivity index (χ2v) is 8.26. The lowest BCUT2D eigenvalue weighted by atomic mass is 10.0. The molecular weight excluding hydrogens is 466 g/mol. The standard InChI is InChI=1S/C19H18F6N2O4S/c1-9(2)14(28)27(8-11-4-5-12(15(29)30)10(3)6-11)16-26-7-13(32-16)17(31,18(20,21)22)19(23,24)25/h4-7,9,31H,8H2,1-3H3,(H,29,30). The van der Waals surface area contributed by atoms with Crippen molar-refractivity contribution in [2.24, 2.45) is 5.92 Å². The van der Waals surface area contributed by atoms with Crippen LogP contribution in [-0.4, -0.2) is 39.4 Å². The van der Waals surface area contributed by atoms with Gasteiger partial charge in [-0.15, -0.1) is 0 Å². The number of anilines is 1. The fourth-order valence-corrected chi connectivity index (χ4v) is 3.85. The van der Waals surface area contributed by atoms with E-state index < -0.39 is 45.8 Å². The number of nitrogens with zero attached hydrogens (tertiary/aromatic N) is 2. The molecule has 1 amide bonds. The summed E-state index contributed by atoms with van der Waals surface area (Å²) < 4.78 is 78.9. The van der Waals surface area contributed by atoms with Gasteiger partial charge in [-0.2, -0.15) is 26.3 Å². The number of amides is 1. The second kappa shape index (κ2) is 8.70. The molecule has 0 radical (unpaired) electrons. The minimum Gasteiger partial charge on any atom is -0.478 e. The van der Waals surface area contributed by atoms with Crippen LogP contribution in [0.1, 0.15) is 40.2 Å². The molecule has 1 heterocycles. The quantitative estimate of drug-likeness (QED) is 0.583. The summed E-state index contributed by atoms with van der Waals surface area (Å²) in [6, 6.07) is 4.07. The summed E-state index contributed by atoms with van der Waals surface area (Å²) in [5.74, 6) is -2.52. The second-order valence-electron chi connectivity index (χ2n) is 7.25. The van der Waals surface area contributed by atoms with E-state index in [1.807, 2.05) is 0 Å². The van der Waals surface area contributed by atoms with Crippen LogP contribution in [0.4, 0.5) is 31.5 Å². The lowest BCUT2D eigenvalue weighted by Gasteiger charge is -2.31. The molecule has 0 unspecified atom stereocenters. The average molecular weight is 484 g/mol. The van der Waals surface area contributed by atoms with Crippen LogP contribution >= 0.6 is 11.3 Å². The first-order chi connectivity index (χ1) is 14.5. The van der Waals surface area contributed by atoms with Crippen LogP contribution in [-0.2, 0) is 16.9 Å². The molecule has 2 N–H and O–H groups in total. The number of aromatic carboxylic acids is 1. The molecule has 176 valence electrons. The van der Waals surface area contributed by atoms with E-state index in [4.69, 9.17) is 5.11 Å². The van der Waals surface area contributed by atoms with Crippen molar-refractivity contribution in [1.82, 2.24) is 4.98 Å². The first-order valence-corrected chi connectivity index (χ1v) is 9.78. The Morgan fingerprint density at radius 2 is 1.69 bits per heavy atom. The number of rotatable bonds is 6. The lowest BCUT2D eigenvalue weighted by molar-refractivity contribution is -0.375. The van der Waals surface area contributed by atoms with Gasteiger partial charge in [0.25, 0.3) is 5.60 Å². The van der Waals surface area contributed by atoms with Gasteiger partial charge in [-0.05, 0) is 24.1 Å². The van der Waals surface area contributed by atoms with E-state index >= 15 is 0 Å². The van der Waals surface area contributed by atoms with Gasteiger partial charge in [0.2, 0.25) is 5.91 Å². The van der Waals surface area contributed by atoms with Crippen LogP contribution in [0.3, 0.4) is 0 Å². The number of thiazole rings is 1. The third-order valence-corrected chi connectivity index (χ3v) is 5.65. The van der Waals surface area contributed by atoms with Crippen LogP contribution in [0.15, 0.2) is 24.4 Å². The number of aryl methyl sites for hydroxylation is 1. The Kier molecular flexibility index (Phi) is 6.95. The summed E-state index contributed by atoms with van der Waals surface area (Å²) >= 11 is -0.111. The molecule has 0 aliphatic carbocycles. The van der Waals surface area contributed by atoms with Crippen molar-refractivity contribution in [2.75, 3.05) is 4.90 Å². The lowest BCUT2D eigenvalue weighted by Crippen LogP contribution is -2.53. The van der Waals surface area contributed by atoms with Crippen molar-refractivity contribution in [1.29, 1.82) is 0 Å². The first-order valence-electron chi connectivity index (χ1n) is 8.97. The summed E-state index contributed by atoms with van der Waals surface area (Å²) in [7, 11) is 0. The van der Waals surface area contributed by atoms with Crippen molar-refractivity contribution < 1.29 is 46.1 Å². The van der Waals surface area contributed by atoms with E-state index in [1.54, 1.807) is 0 Å². The maximum Gasteiger partial charge on any atom is 0.431 e.